The topological polar surface area (TPSA) is 126 Å². The number of carbonyl (C=O) groups excluding carboxylic acids is 1. The molecule has 334 valence electrons. The highest BCUT2D eigenvalue weighted by Gasteiger charge is 2.14. The van der Waals surface area contributed by atoms with E-state index < -0.39 is 0 Å². The van der Waals surface area contributed by atoms with Gasteiger partial charge in [-0.3, -0.25) is 0 Å². The maximum Gasteiger partial charge on any atom is 0.338 e. The van der Waals surface area contributed by atoms with Gasteiger partial charge in [0.25, 0.3) is 0 Å². The van der Waals surface area contributed by atoms with Gasteiger partial charge in [-0.05, 0) is 73.9 Å². The van der Waals surface area contributed by atoms with E-state index in [0.29, 0.717) is 108 Å². The molecule has 12 heteroatoms. The molecule has 2 N–H and O–H groups in total. The van der Waals surface area contributed by atoms with Gasteiger partial charge in [0.1, 0.15) is 38.7 Å². The van der Waals surface area contributed by atoms with Gasteiger partial charge >= 0.3 is 5.97 Å². The summed E-state index contributed by atoms with van der Waals surface area (Å²) in [7, 11) is 0. The Labute approximate surface area is 358 Å². The minimum atomic E-state index is -0.379. The molecule has 0 unspecified atom stereocenters. The number of quaternary nitrogens is 1. The number of nitrogens with two attached hydrogens (primary N) is 1. The van der Waals surface area contributed by atoms with Crippen molar-refractivity contribution in [2.75, 3.05) is 99.0 Å². The fraction of sp³-hybridized carbons (Fsp3) is 0.604. The normalized spacial score (nSPS) is 15.1. The molecule has 60 heavy (non-hydrogen) atoms. The molecule has 4 rings (SSSR count). The van der Waals surface area contributed by atoms with Crippen molar-refractivity contribution >= 4 is 5.97 Å². The lowest BCUT2D eigenvalue weighted by atomic mass is 10.1. The number of unbranched alkanes of at least 4 members (excludes halogenated alkanes) is 10. The zero-order valence-electron chi connectivity index (χ0n) is 36.2. The first-order valence-electron chi connectivity index (χ1n) is 22.5. The Morgan fingerprint density at radius 1 is 0.517 bits per heavy atom. The molecule has 0 atom stereocenters. The van der Waals surface area contributed by atoms with Gasteiger partial charge in [-0.25, -0.2) is 4.79 Å². The van der Waals surface area contributed by atoms with Crippen LogP contribution in [0, 0.1) is 0 Å². The van der Waals surface area contributed by atoms with E-state index in [1.165, 1.54) is 63.5 Å². The van der Waals surface area contributed by atoms with Crippen LogP contribution >= 0.6 is 0 Å². The zero-order chi connectivity index (χ0) is 42.0. The predicted octanol–water partition coefficient (Wildman–Crippen LogP) is 7.98. The molecular weight excluding hydrogens is 767 g/mol. The average molecular weight is 839 g/mol. The SMILES string of the molecule is CCCC[NH2+]Cc1ccc(OCCCCCCCCCCCCOC(=O)c2ccc3c(c2)OCCOCCOCCOc2ccccc2OCCOCCOCCO3)cc1. The maximum absolute atomic E-state index is 12.9. The third kappa shape index (κ3) is 22.0. The number of para-hydroxylation sites is 2. The number of benzene rings is 3. The van der Waals surface area contributed by atoms with Crippen molar-refractivity contribution in [2.24, 2.45) is 0 Å². The van der Waals surface area contributed by atoms with Crippen LogP contribution in [0.3, 0.4) is 0 Å². The fourth-order valence-corrected chi connectivity index (χ4v) is 6.44. The van der Waals surface area contributed by atoms with Crippen molar-refractivity contribution in [1.82, 2.24) is 0 Å². The molecule has 0 radical (unpaired) electrons. The molecule has 0 spiro atoms. The number of carbonyl (C=O) groups is 1. The van der Waals surface area contributed by atoms with Crippen LogP contribution in [0.2, 0.25) is 0 Å². The molecule has 3 aromatic carbocycles. The Morgan fingerprint density at radius 3 is 1.52 bits per heavy atom. The molecule has 0 saturated carbocycles. The number of rotatable bonds is 20. The van der Waals surface area contributed by atoms with Crippen LogP contribution in [0.4, 0.5) is 0 Å². The van der Waals surface area contributed by atoms with Crippen molar-refractivity contribution in [1.29, 1.82) is 0 Å². The van der Waals surface area contributed by atoms with E-state index in [0.717, 1.165) is 44.6 Å². The number of hydrogen-bond donors (Lipinski definition) is 1. The summed E-state index contributed by atoms with van der Waals surface area (Å²) < 4.78 is 57.9. The summed E-state index contributed by atoms with van der Waals surface area (Å²) in [6, 6.07) is 21.2. The monoisotopic (exact) mass is 839 g/mol. The van der Waals surface area contributed by atoms with E-state index in [1.807, 2.05) is 24.3 Å². The van der Waals surface area contributed by atoms with Crippen molar-refractivity contribution in [3.8, 4) is 28.7 Å². The maximum atomic E-state index is 12.9. The zero-order valence-corrected chi connectivity index (χ0v) is 36.2. The first-order chi connectivity index (χ1) is 29.7. The minimum Gasteiger partial charge on any atom is -0.494 e. The quantitative estimate of drug-likeness (QED) is 0.0880. The van der Waals surface area contributed by atoms with Crippen LogP contribution < -0.4 is 29.0 Å². The van der Waals surface area contributed by atoms with Gasteiger partial charge in [0.2, 0.25) is 0 Å². The predicted molar refractivity (Wildman–Crippen MR) is 232 cm³/mol. The summed E-state index contributed by atoms with van der Waals surface area (Å²) in [5.41, 5.74) is 1.77. The molecule has 0 aliphatic carbocycles. The summed E-state index contributed by atoms with van der Waals surface area (Å²) in [6.07, 6.45) is 14.1. The summed E-state index contributed by atoms with van der Waals surface area (Å²) in [5, 5.41) is 2.38. The van der Waals surface area contributed by atoms with Crippen LogP contribution in [0.25, 0.3) is 0 Å². The Kier molecular flexibility index (Phi) is 26.5. The second-order valence-electron chi connectivity index (χ2n) is 14.8. The number of hydrogen-bond acceptors (Lipinski definition) is 11. The van der Waals surface area contributed by atoms with Gasteiger partial charge in [-0.2, -0.15) is 0 Å². The molecule has 0 aromatic heterocycles. The third-order valence-electron chi connectivity index (χ3n) is 9.82. The second-order valence-corrected chi connectivity index (χ2v) is 14.8. The molecule has 0 fully saturated rings. The fourth-order valence-electron chi connectivity index (χ4n) is 6.44. The standard InChI is InChI=1S/C48H71NO11/c1-2-3-24-49-40-41-18-21-43(22-19-41)55-25-14-10-8-6-4-5-7-9-11-15-26-60-48(50)42-20-23-46-47(39-42)59-38-34-54-30-29-52-32-36-57-45-17-13-12-16-44(45)56-35-31-51-27-28-53-33-37-58-46/h12-13,16-23,39,49H,2-11,14-15,24-38,40H2,1H3/p+1. The summed E-state index contributed by atoms with van der Waals surface area (Å²) in [4.78, 5) is 12.9. The molecular formula is C48H72NO11+. The number of esters is 1. The smallest absolute Gasteiger partial charge is 0.338 e. The number of fused-ring (bicyclic) bond motifs is 2. The van der Waals surface area contributed by atoms with E-state index in [1.54, 1.807) is 18.2 Å². The molecule has 0 bridgehead atoms. The minimum absolute atomic E-state index is 0.269. The first kappa shape index (κ1) is 48.6. The molecule has 3 aromatic rings. The van der Waals surface area contributed by atoms with Gasteiger partial charge in [-0.15, -0.1) is 0 Å². The molecule has 1 aliphatic rings. The molecule has 0 saturated heterocycles. The van der Waals surface area contributed by atoms with E-state index >= 15 is 0 Å². The van der Waals surface area contributed by atoms with Gasteiger partial charge in [0, 0.05) is 5.56 Å². The molecule has 1 heterocycles. The highest BCUT2D eigenvalue weighted by Crippen LogP contribution is 2.29. The Morgan fingerprint density at radius 2 is 0.983 bits per heavy atom. The summed E-state index contributed by atoms with van der Waals surface area (Å²) in [5.74, 6) is 2.87. The van der Waals surface area contributed by atoms with Gasteiger partial charge in [0.15, 0.2) is 23.0 Å². The lowest BCUT2D eigenvalue weighted by Crippen LogP contribution is -2.82. The van der Waals surface area contributed by atoms with Crippen molar-refractivity contribution < 1.29 is 57.5 Å². The van der Waals surface area contributed by atoms with E-state index in [-0.39, 0.29) is 12.6 Å². The van der Waals surface area contributed by atoms with Gasteiger partial charge < -0.3 is 52.7 Å². The lowest BCUT2D eigenvalue weighted by Gasteiger charge is -2.15. The molecule has 1 aliphatic heterocycles. The molecule has 12 nitrogen and oxygen atoms in total. The van der Waals surface area contributed by atoms with Crippen molar-refractivity contribution in [3.63, 3.8) is 0 Å². The Bertz CT molecular complexity index is 1520. The highest BCUT2D eigenvalue weighted by molar-refractivity contribution is 5.90. The second kappa shape index (κ2) is 32.7. The van der Waals surface area contributed by atoms with Crippen LogP contribution in [0.1, 0.15) is 99.9 Å². The highest BCUT2D eigenvalue weighted by atomic mass is 16.6. The van der Waals surface area contributed by atoms with E-state index in [9.17, 15) is 4.79 Å². The van der Waals surface area contributed by atoms with Crippen LogP contribution in [-0.4, -0.2) is 105 Å². The Hall–Kier alpha value is -4.07. The largest absolute Gasteiger partial charge is 0.494 e. The summed E-state index contributed by atoms with van der Waals surface area (Å²) in [6.45, 7) is 10.2. The summed E-state index contributed by atoms with van der Waals surface area (Å²) >= 11 is 0. The lowest BCUT2D eigenvalue weighted by molar-refractivity contribution is -0.670. The van der Waals surface area contributed by atoms with Crippen LogP contribution in [-0.2, 0) is 30.2 Å². The van der Waals surface area contributed by atoms with Crippen LogP contribution in [0.15, 0.2) is 66.7 Å². The average Bonchev–Trinajstić information content (AvgIpc) is 3.27. The van der Waals surface area contributed by atoms with Gasteiger partial charge in [-0.1, -0.05) is 76.8 Å². The third-order valence-corrected chi connectivity index (χ3v) is 9.82. The Balaban J connectivity index is 1.04. The number of ether oxygens (including phenoxy) is 10. The van der Waals surface area contributed by atoms with Crippen molar-refractivity contribution in [2.45, 2.75) is 90.5 Å². The molecule has 0 amide bonds. The first-order valence-corrected chi connectivity index (χ1v) is 22.5. The van der Waals surface area contributed by atoms with E-state index in [4.69, 9.17) is 47.4 Å². The van der Waals surface area contributed by atoms with Crippen LogP contribution in [0.5, 0.6) is 28.7 Å². The van der Waals surface area contributed by atoms with Gasteiger partial charge in [0.05, 0.1) is 78.2 Å². The van der Waals surface area contributed by atoms with Crippen molar-refractivity contribution in [3.05, 3.63) is 77.9 Å². The van der Waals surface area contributed by atoms with E-state index in [2.05, 4.69) is 36.5 Å².